The number of aromatic amines is 2. The molecule has 1 atom stereocenters. The van der Waals surface area contributed by atoms with Crippen LogP contribution in [0.15, 0.2) is 40.5 Å². The van der Waals surface area contributed by atoms with Gasteiger partial charge >= 0.3 is 0 Å². The molecule has 3 aromatic rings. The predicted octanol–water partition coefficient (Wildman–Crippen LogP) is 1.71. The minimum atomic E-state index is -0.339. The quantitative estimate of drug-likeness (QED) is 0.551. The zero-order valence-electron chi connectivity index (χ0n) is 13.7. The second-order valence-corrected chi connectivity index (χ2v) is 7.32. The van der Waals surface area contributed by atoms with Crippen molar-refractivity contribution in [3.8, 4) is 0 Å². The summed E-state index contributed by atoms with van der Waals surface area (Å²) in [6, 6.07) is 7.18. The third kappa shape index (κ3) is 3.05. The van der Waals surface area contributed by atoms with Gasteiger partial charge in [0.15, 0.2) is 5.16 Å². The maximum Gasteiger partial charge on any atom is 0.259 e. The number of hydrogen-bond acceptors (Lipinski definition) is 5. The van der Waals surface area contributed by atoms with Crippen LogP contribution >= 0.6 is 11.8 Å². The van der Waals surface area contributed by atoms with Crippen molar-refractivity contribution < 1.29 is 4.79 Å². The Kier molecular flexibility index (Phi) is 4.04. The summed E-state index contributed by atoms with van der Waals surface area (Å²) in [5.74, 6) is 0.0288. The second-order valence-electron chi connectivity index (χ2n) is 5.99. The number of thioether (sulfide) groups is 1. The Labute approximate surface area is 147 Å². The van der Waals surface area contributed by atoms with Crippen molar-refractivity contribution in [2.24, 2.45) is 0 Å². The summed E-state index contributed by atoms with van der Waals surface area (Å²) in [5.41, 5.74) is 2.47. The number of nitrogens with zero attached hydrogens (tertiary/aromatic N) is 3. The molecule has 0 fully saturated rings. The van der Waals surface area contributed by atoms with Gasteiger partial charge in [-0.1, -0.05) is 23.9 Å². The molecular weight excluding hydrogens is 338 g/mol. The molecule has 0 radical (unpaired) electrons. The minimum Gasteiger partial charge on any atom is -0.347 e. The average Bonchev–Trinajstić information content (AvgIpc) is 3.08. The smallest absolute Gasteiger partial charge is 0.259 e. The number of hydrogen-bond donors (Lipinski definition) is 2. The number of rotatable bonds is 3. The number of benzene rings is 1. The molecule has 3 heterocycles. The molecule has 0 aliphatic carbocycles. The van der Waals surface area contributed by atoms with Gasteiger partial charge in [-0.15, -0.1) is 0 Å². The number of H-pyrrole nitrogens is 2. The number of carbonyl (C=O) groups is 1. The highest BCUT2D eigenvalue weighted by Gasteiger charge is 2.27. The van der Waals surface area contributed by atoms with Gasteiger partial charge in [-0.3, -0.25) is 9.59 Å². The number of carbonyl (C=O) groups excluding carboxylic acids is 1. The number of aromatic nitrogens is 4. The molecule has 128 valence electrons. The van der Waals surface area contributed by atoms with Gasteiger partial charge in [-0.2, -0.15) is 0 Å². The van der Waals surface area contributed by atoms with Crippen LogP contribution in [0.5, 0.6) is 0 Å². The maximum atomic E-state index is 12.7. The van der Waals surface area contributed by atoms with Crippen LogP contribution in [0.4, 0.5) is 0 Å². The first kappa shape index (κ1) is 15.9. The third-order valence-corrected chi connectivity index (χ3v) is 5.29. The summed E-state index contributed by atoms with van der Waals surface area (Å²) in [6.45, 7) is 3.04. The highest BCUT2D eigenvalue weighted by Crippen LogP contribution is 2.24. The molecule has 1 aromatic carbocycles. The lowest BCUT2D eigenvalue weighted by Crippen LogP contribution is -2.40. The summed E-state index contributed by atoms with van der Waals surface area (Å²) in [4.78, 5) is 41.2. The van der Waals surface area contributed by atoms with E-state index in [2.05, 4.69) is 19.9 Å². The van der Waals surface area contributed by atoms with Crippen molar-refractivity contribution in [1.29, 1.82) is 0 Å². The lowest BCUT2D eigenvalue weighted by molar-refractivity contribution is -0.131. The fraction of sp³-hybridized carbons (Fsp3) is 0.294. The van der Waals surface area contributed by atoms with Crippen molar-refractivity contribution in [2.45, 2.75) is 30.3 Å². The first-order valence-electron chi connectivity index (χ1n) is 8.07. The van der Waals surface area contributed by atoms with Gasteiger partial charge in [0.2, 0.25) is 5.91 Å². The molecule has 7 nitrogen and oxygen atoms in total. The summed E-state index contributed by atoms with van der Waals surface area (Å²) < 4.78 is 0. The Morgan fingerprint density at radius 3 is 3.08 bits per heavy atom. The van der Waals surface area contributed by atoms with Crippen molar-refractivity contribution >= 4 is 28.6 Å². The Hall–Kier alpha value is -2.61. The molecule has 4 rings (SSSR count). The monoisotopic (exact) mass is 355 g/mol. The molecule has 0 bridgehead atoms. The standard InChI is InChI=1S/C17H17N5O2S/c1-10(16(24)22-7-6-13-14(8-22)19-9-18-13)25-17-20-12-5-3-2-4-11(12)15(23)21-17/h2-5,9-10H,6-8H2,1H3,(H,18,19)(H,20,21,23)/t10-/m1/s1. The molecule has 2 aromatic heterocycles. The molecular formula is C17H17N5O2S. The number of fused-ring (bicyclic) bond motifs is 2. The number of nitrogens with one attached hydrogen (secondary N) is 2. The van der Waals surface area contributed by atoms with Gasteiger partial charge in [0.25, 0.3) is 5.56 Å². The molecule has 8 heteroatoms. The Morgan fingerprint density at radius 1 is 1.36 bits per heavy atom. The van der Waals surface area contributed by atoms with E-state index in [1.807, 2.05) is 17.9 Å². The zero-order valence-corrected chi connectivity index (χ0v) is 14.5. The Morgan fingerprint density at radius 2 is 2.20 bits per heavy atom. The molecule has 1 aliphatic rings. The number of imidazole rings is 1. The Bertz CT molecular complexity index is 996. The van der Waals surface area contributed by atoms with Crippen molar-refractivity contribution in [2.75, 3.05) is 6.54 Å². The second kappa shape index (κ2) is 6.36. The van der Waals surface area contributed by atoms with Crippen molar-refractivity contribution in [3.63, 3.8) is 0 Å². The maximum absolute atomic E-state index is 12.7. The SMILES string of the molecule is C[C@@H](Sc1nc2ccccc2c(=O)[nH]1)C(=O)N1CCc2nc[nH]c2C1. The van der Waals surface area contributed by atoms with Gasteiger partial charge in [-0.25, -0.2) is 9.97 Å². The zero-order chi connectivity index (χ0) is 17.4. The predicted molar refractivity (Wildman–Crippen MR) is 95.4 cm³/mol. The average molecular weight is 355 g/mol. The minimum absolute atomic E-state index is 0.0288. The lowest BCUT2D eigenvalue weighted by Gasteiger charge is -2.28. The van der Waals surface area contributed by atoms with Gasteiger partial charge in [0.1, 0.15) is 0 Å². The van der Waals surface area contributed by atoms with E-state index in [1.54, 1.807) is 24.5 Å². The van der Waals surface area contributed by atoms with E-state index in [4.69, 9.17) is 0 Å². The molecule has 0 unspecified atom stereocenters. The summed E-state index contributed by atoms with van der Waals surface area (Å²) in [5, 5.41) is 0.672. The summed E-state index contributed by atoms with van der Waals surface area (Å²) in [7, 11) is 0. The summed E-state index contributed by atoms with van der Waals surface area (Å²) in [6.07, 6.45) is 2.42. The van der Waals surface area contributed by atoms with E-state index < -0.39 is 0 Å². The van der Waals surface area contributed by atoms with Crippen LogP contribution in [0.2, 0.25) is 0 Å². The largest absolute Gasteiger partial charge is 0.347 e. The topological polar surface area (TPSA) is 94.7 Å². The highest BCUT2D eigenvalue weighted by atomic mass is 32.2. The van der Waals surface area contributed by atoms with Gasteiger partial charge in [0.05, 0.1) is 40.4 Å². The van der Waals surface area contributed by atoms with E-state index in [0.29, 0.717) is 29.1 Å². The van der Waals surface area contributed by atoms with Crippen LogP contribution in [0.1, 0.15) is 18.3 Å². The number of amides is 1. The fourth-order valence-corrected chi connectivity index (χ4v) is 3.88. The lowest BCUT2D eigenvalue weighted by atomic mass is 10.1. The highest BCUT2D eigenvalue weighted by molar-refractivity contribution is 8.00. The van der Waals surface area contributed by atoms with E-state index in [-0.39, 0.29) is 16.7 Å². The van der Waals surface area contributed by atoms with Crippen molar-refractivity contribution in [1.82, 2.24) is 24.8 Å². The van der Waals surface area contributed by atoms with Crippen LogP contribution in [-0.2, 0) is 17.8 Å². The first-order chi connectivity index (χ1) is 12.1. The van der Waals surface area contributed by atoms with E-state index >= 15 is 0 Å². The van der Waals surface area contributed by atoms with Gasteiger partial charge < -0.3 is 14.9 Å². The van der Waals surface area contributed by atoms with Gasteiger partial charge in [-0.05, 0) is 19.1 Å². The molecule has 1 aliphatic heterocycles. The number of para-hydroxylation sites is 1. The van der Waals surface area contributed by atoms with E-state index in [9.17, 15) is 9.59 Å². The first-order valence-corrected chi connectivity index (χ1v) is 8.95. The molecule has 1 amide bonds. The fourth-order valence-electron chi connectivity index (χ4n) is 3.00. The molecule has 0 saturated carbocycles. The van der Waals surface area contributed by atoms with E-state index in [0.717, 1.165) is 17.8 Å². The third-order valence-electron chi connectivity index (χ3n) is 4.31. The van der Waals surface area contributed by atoms with Crippen molar-refractivity contribution in [3.05, 3.63) is 52.3 Å². The van der Waals surface area contributed by atoms with E-state index in [1.165, 1.54) is 11.8 Å². The van der Waals surface area contributed by atoms with Crippen LogP contribution in [0.25, 0.3) is 10.9 Å². The molecule has 0 saturated heterocycles. The normalized spacial score (nSPS) is 15.2. The van der Waals surface area contributed by atoms with Crippen LogP contribution in [0, 0.1) is 0 Å². The van der Waals surface area contributed by atoms with Crippen LogP contribution in [0.3, 0.4) is 0 Å². The van der Waals surface area contributed by atoms with Crippen LogP contribution < -0.4 is 5.56 Å². The van der Waals surface area contributed by atoms with Crippen LogP contribution in [-0.4, -0.2) is 42.5 Å². The molecule has 25 heavy (non-hydrogen) atoms. The Balaban J connectivity index is 1.51. The molecule has 2 N–H and O–H groups in total. The van der Waals surface area contributed by atoms with Gasteiger partial charge in [0, 0.05) is 13.0 Å². The molecule has 0 spiro atoms. The summed E-state index contributed by atoms with van der Waals surface area (Å²) >= 11 is 1.27.